The Morgan fingerprint density at radius 1 is 1.09 bits per heavy atom. The summed E-state index contributed by atoms with van der Waals surface area (Å²) in [5.41, 5.74) is 0.318. The molecule has 0 aliphatic carbocycles. The van der Waals surface area contributed by atoms with Gasteiger partial charge in [0.25, 0.3) is 10.0 Å². The first-order valence-corrected chi connectivity index (χ1v) is 7.48. The van der Waals surface area contributed by atoms with Crippen molar-refractivity contribution in [3.63, 3.8) is 0 Å². The molecule has 2 rings (SSSR count). The molecule has 0 spiro atoms. The van der Waals surface area contributed by atoms with Crippen molar-refractivity contribution in [2.24, 2.45) is 0 Å². The average molecular weight is 327 g/mol. The zero-order valence-corrected chi connectivity index (χ0v) is 12.2. The Balaban J connectivity index is 2.29. The fourth-order valence-electron chi connectivity index (χ4n) is 1.69. The molecule has 5 nitrogen and oxygen atoms in total. The van der Waals surface area contributed by atoms with Crippen LogP contribution in [0, 0.1) is 11.6 Å². The number of methoxy groups -OCH3 is 1. The van der Waals surface area contributed by atoms with Crippen molar-refractivity contribution in [1.82, 2.24) is 0 Å². The van der Waals surface area contributed by atoms with Gasteiger partial charge in [0.15, 0.2) is 0 Å². The third-order valence-corrected chi connectivity index (χ3v) is 4.14. The van der Waals surface area contributed by atoms with Crippen molar-refractivity contribution >= 4 is 21.7 Å². The van der Waals surface area contributed by atoms with Crippen LogP contribution in [0.4, 0.5) is 14.5 Å². The number of anilines is 1. The van der Waals surface area contributed by atoms with Crippen molar-refractivity contribution in [3.05, 3.63) is 59.7 Å². The number of ether oxygens (including phenoxy) is 1. The predicted octanol–water partition coefficient (Wildman–Crippen LogP) is 2.55. The van der Waals surface area contributed by atoms with E-state index in [1.165, 1.54) is 31.4 Å². The van der Waals surface area contributed by atoms with Gasteiger partial charge in [-0.2, -0.15) is 0 Å². The molecule has 116 valence electrons. The Morgan fingerprint density at radius 2 is 1.73 bits per heavy atom. The van der Waals surface area contributed by atoms with E-state index in [-0.39, 0.29) is 11.3 Å². The topological polar surface area (TPSA) is 72.5 Å². The SMILES string of the molecule is COC(=O)c1ccc(NS(=O)(=O)c2cc(F)ccc2F)cc1. The largest absolute Gasteiger partial charge is 0.465 e. The molecular weight excluding hydrogens is 316 g/mol. The molecular formula is C14H11F2NO4S. The molecule has 0 atom stereocenters. The second kappa shape index (κ2) is 6.10. The summed E-state index contributed by atoms with van der Waals surface area (Å²) in [5.74, 6) is -2.52. The van der Waals surface area contributed by atoms with Crippen LogP contribution >= 0.6 is 0 Å². The van der Waals surface area contributed by atoms with Crippen LogP contribution in [-0.2, 0) is 14.8 Å². The van der Waals surface area contributed by atoms with E-state index < -0.39 is 32.5 Å². The Bertz CT molecular complexity index is 804. The lowest BCUT2D eigenvalue weighted by atomic mass is 10.2. The number of hydrogen-bond donors (Lipinski definition) is 1. The molecule has 0 heterocycles. The quantitative estimate of drug-likeness (QED) is 0.876. The molecule has 0 aromatic heterocycles. The first-order chi connectivity index (χ1) is 10.3. The maximum absolute atomic E-state index is 13.5. The van der Waals surface area contributed by atoms with E-state index in [1.54, 1.807) is 0 Å². The Kier molecular flexibility index (Phi) is 4.41. The lowest BCUT2D eigenvalue weighted by Gasteiger charge is -2.09. The smallest absolute Gasteiger partial charge is 0.337 e. The summed E-state index contributed by atoms with van der Waals surface area (Å²) in [5, 5.41) is 0. The van der Waals surface area contributed by atoms with Crippen LogP contribution in [0.25, 0.3) is 0 Å². The molecule has 22 heavy (non-hydrogen) atoms. The van der Waals surface area contributed by atoms with Gasteiger partial charge < -0.3 is 4.74 Å². The van der Waals surface area contributed by atoms with Gasteiger partial charge in [0.1, 0.15) is 16.5 Å². The van der Waals surface area contributed by atoms with Crippen LogP contribution in [0.5, 0.6) is 0 Å². The van der Waals surface area contributed by atoms with Crippen LogP contribution in [0.2, 0.25) is 0 Å². The van der Waals surface area contributed by atoms with Gasteiger partial charge in [0.2, 0.25) is 0 Å². The van der Waals surface area contributed by atoms with E-state index in [4.69, 9.17) is 0 Å². The highest BCUT2D eigenvalue weighted by atomic mass is 32.2. The number of benzene rings is 2. The van der Waals surface area contributed by atoms with Crippen molar-refractivity contribution in [2.45, 2.75) is 4.90 Å². The van der Waals surface area contributed by atoms with Crippen LogP contribution in [0.3, 0.4) is 0 Å². The predicted molar refractivity (Wildman–Crippen MR) is 74.9 cm³/mol. The molecule has 0 bridgehead atoms. The minimum atomic E-state index is -4.29. The number of carbonyl (C=O) groups excluding carboxylic acids is 1. The Hall–Kier alpha value is -2.48. The molecule has 0 radical (unpaired) electrons. The van der Waals surface area contributed by atoms with Gasteiger partial charge in [-0.25, -0.2) is 22.0 Å². The lowest BCUT2D eigenvalue weighted by molar-refractivity contribution is 0.0601. The van der Waals surface area contributed by atoms with Crippen molar-refractivity contribution < 1.29 is 26.7 Å². The third kappa shape index (κ3) is 3.40. The average Bonchev–Trinajstić information content (AvgIpc) is 2.49. The van der Waals surface area contributed by atoms with E-state index in [9.17, 15) is 22.0 Å². The number of nitrogens with one attached hydrogen (secondary N) is 1. The fraction of sp³-hybridized carbons (Fsp3) is 0.0714. The maximum atomic E-state index is 13.5. The first-order valence-electron chi connectivity index (χ1n) is 6.00. The summed E-state index contributed by atoms with van der Waals surface area (Å²) < 4.78 is 57.3. The van der Waals surface area contributed by atoms with Gasteiger partial charge in [-0.3, -0.25) is 4.72 Å². The van der Waals surface area contributed by atoms with E-state index in [0.29, 0.717) is 6.07 Å². The van der Waals surface area contributed by atoms with Gasteiger partial charge in [-0.15, -0.1) is 0 Å². The van der Waals surface area contributed by atoms with Gasteiger partial charge in [-0.1, -0.05) is 0 Å². The molecule has 1 N–H and O–H groups in total. The lowest BCUT2D eigenvalue weighted by Crippen LogP contribution is -2.15. The first kappa shape index (κ1) is 15.9. The highest BCUT2D eigenvalue weighted by Crippen LogP contribution is 2.20. The third-order valence-electron chi connectivity index (χ3n) is 2.74. The summed E-state index contributed by atoms with van der Waals surface area (Å²) in [6, 6.07) is 7.42. The van der Waals surface area contributed by atoms with Crippen LogP contribution < -0.4 is 4.72 Å². The number of rotatable bonds is 4. The van der Waals surface area contributed by atoms with E-state index >= 15 is 0 Å². The minimum Gasteiger partial charge on any atom is -0.465 e. The number of esters is 1. The van der Waals surface area contributed by atoms with E-state index in [2.05, 4.69) is 9.46 Å². The molecule has 2 aromatic rings. The minimum absolute atomic E-state index is 0.0938. The van der Waals surface area contributed by atoms with Gasteiger partial charge >= 0.3 is 5.97 Å². The van der Waals surface area contributed by atoms with Gasteiger partial charge in [0, 0.05) is 5.69 Å². The standard InChI is InChI=1S/C14H11F2NO4S/c1-21-14(18)9-2-5-11(6-3-9)17-22(19,20)13-8-10(15)4-7-12(13)16/h2-8,17H,1H3. The highest BCUT2D eigenvalue weighted by molar-refractivity contribution is 7.92. The van der Waals surface area contributed by atoms with Crippen molar-refractivity contribution in [1.29, 1.82) is 0 Å². The molecule has 0 amide bonds. The second-order valence-electron chi connectivity index (χ2n) is 4.25. The molecule has 0 saturated heterocycles. The van der Waals surface area contributed by atoms with Crippen LogP contribution in [0.1, 0.15) is 10.4 Å². The number of carbonyl (C=O) groups is 1. The molecule has 2 aromatic carbocycles. The molecule has 8 heteroatoms. The molecule has 0 unspecified atom stereocenters. The van der Waals surface area contributed by atoms with E-state index in [0.717, 1.165) is 12.1 Å². The molecule has 0 aliphatic heterocycles. The summed E-state index contributed by atoms with van der Waals surface area (Å²) in [6.07, 6.45) is 0. The van der Waals surface area contributed by atoms with Crippen molar-refractivity contribution in [3.8, 4) is 0 Å². The molecule has 0 fully saturated rings. The molecule has 0 saturated carbocycles. The zero-order valence-electron chi connectivity index (χ0n) is 11.3. The van der Waals surface area contributed by atoms with Gasteiger partial charge in [0.05, 0.1) is 12.7 Å². The maximum Gasteiger partial charge on any atom is 0.337 e. The number of sulfonamides is 1. The Labute approximate surface area is 125 Å². The molecule has 0 aliphatic rings. The van der Waals surface area contributed by atoms with Crippen molar-refractivity contribution in [2.75, 3.05) is 11.8 Å². The summed E-state index contributed by atoms with van der Waals surface area (Å²) in [6.45, 7) is 0. The van der Waals surface area contributed by atoms with Crippen LogP contribution in [-0.4, -0.2) is 21.5 Å². The Morgan fingerprint density at radius 3 is 2.32 bits per heavy atom. The second-order valence-corrected chi connectivity index (χ2v) is 5.90. The summed E-state index contributed by atoms with van der Waals surface area (Å²) >= 11 is 0. The van der Waals surface area contributed by atoms with Crippen LogP contribution in [0.15, 0.2) is 47.4 Å². The summed E-state index contributed by atoms with van der Waals surface area (Å²) in [4.78, 5) is 10.5. The van der Waals surface area contributed by atoms with E-state index in [1.807, 2.05) is 0 Å². The number of halogens is 2. The normalized spacial score (nSPS) is 11.0. The van der Waals surface area contributed by atoms with Gasteiger partial charge in [-0.05, 0) is 42.5 Å². The fourth-order valence-corrected chi connectivity index (χ4v) is 2.83. The zero-order chi connectivity index (χ0) is 16.3. The monoisotopic (exact) mass is 327 g/mol. The summed E-state index contributed by atoms with van der Waals surface area (Å²) in [7, 11) is -3.07. The highest BCUT2D eigenvalue weighted by Gasteiger charge is 2.20. The number of hydrogen-bond acceptors (Lipinski definition) is 4.